The second-order valence-corrected chi connectivity index (χ2v) is 5.11. The summed E-state index contributed by atoms with van der Waals surface area (Å²) in [5.74, 6) is 0. The molecule has 0 radical (unpaired) electrons. The van der Waals surface area contributed by atoms with E-state index in [0.29, 0.717) is 0 Å². The summed E-state index contributed by atoms with van der Waals surface area (Å²) in [4.78, 5) is 2.57. The summed E-state index contributed by atoms with van der Waals surface area (Å²) in [7, 11) is 1.77. The van der Waals surface area contributed by atoms with Crippen LogP contribution in [0.1, 0.15) is 12.8 Å². The van der Waals surface area contributed by atoms with E-state index in [1.54, 1.807) is 7.11 Å². The van der Waals surface area contributed by atoms with Gasteiger partial charge in [-0.15, -0.1) is 0 Å². The van der Waals surface area contributed by atoms with Crippen molar-refractivity contribution >= 4 is 16.5 Å². The SMILES string of the molecule is COCC[N]([AlH2])CCN1CCCC1. The van der Waals surface area contributed by atoms with Gasteiger partial charge in [0.15, 0.2) is 0 Å². The molecule has 0 aromatic carbocycles. The van der Waals surface area contributed by atoms with Crippen molar-refractivity contribution in [2.75, 3.05) is 46.4 Å². The molecule has 1 aliphatic heterocycles. The zero-order valence-corrected chi connectivity index (χ0v) is 11.0. The fourth-order valence-corrected chi connectivity index (χ4v) is 2.06. The zero-order valence-electron chi connectivity index (χ0n) is 8.96. The summed E-state index contributed by atoms with van der Waals surface area (Å²) in [6.45, 7) is 7.11. The van der Waals surface area contributed by atoms with Gasteiger partial charge in [0.1, 0.15) is 0 Å². The van der Waals surface area contributed by atoms with Crippen molar-refractivity contribution in [1.82, 2.24) is 8.78 Å². The summed E-state index contributed by atoms with van der Waals surface area (Å²) >= 11 is 1.16. The fourth-order valence-electron chi connectivity index (χ4n) is 1.68. The molecule has 0 N–H and O–H groups in total. The summed E-state index contributed by atoms with van der Waals surface area (Å²) < 4.78 is 7.53. The third-order valence-corrected chi connectivity index (χ3v) is 3.57. The molecule has 3 nitrogen and oxygen atoms in total. The second kappa shape index (κ2) is 6.81. The average Bonchev–Trinajstić information content (AvgIpc) is 2.64. The Morgan fingerprint density at radius 2 is 2.00 bits per heavy atom. The van der Waals surface area contributed by atoms with Gasteiger partial charge in [-0.3, -0.25) is 0 Å². The smallest absolute Gasteiger partial charge is 0.322 e. The van der Waals surface area contributed by atoms with Crippen LogP contribution in [0, 0.1) is 0 Å². The van der Waals surface area contributed by atoms with Crippen LogP contribution in [0.15, 0.2) is 0 Å². The predicted octanol–water partition coefficient (Wildman–Crippen LogP) is -0.421. The maximum atomic E-state index is 5.05. The van der Waals surface area contributed by atoms with Crippen molar-refractivity contribution in [1.29, 1.82) is 0 Å². The van der Waals surface area contributed by atoms with Crippen molar-refractivity contribution in [3.63, 3.8) is 0 Å². The van der Waals surface area contributed by atoms with E-state index in [-0.39, 0.29) is 0 Å². The molecule has 1 saturated heterocycles. The molecular weight excluding hydrogens is 179 g/mol. The molecule has 1 aliphatic rings. The van der Waals surface area contributed by atoms with E-state index in [1.807, 2.05) is 0 Å². The number of hydrogen-bond acceptors (Lipinski definition) is 3. The molecule has 0 spiro atoms. The lowest BCUT2D eigenvalue weighted by Gasteiger charge is -2.21. The molecule has 0 unspecified atom stereocenters. The Hall–Kier alpha value is 0.412. The highest BCUT2D eigenvalue weighted by Gasteiger charge is 2.10. The number of hydrogen-bond donors (Lipinski definition) is 0. The minimum absolute atomic E-state index is 0.878. The van der Waals surface area contributed by atoms with Crippen molar-refractivity contribution in [2.45, 2.75) is 12.8 Å². The lowest BCUT2D eigenvalue weighted by atomic mass is 10.4. The molecule has 0 aliphatic carbocycles. The minimum atomic E-state index is 0.878. The van der Waals surface area contributed by atoms with Gasteiger partial charge in [-0.25, -0.2) is 0 Å². The first kappa shape index (κ1) is 11.5. The van der Waals surface area contributed by atoms with Gasteiger partial charge in [-0.05, 0) is 32.5 Å². The first-order valence-corrected chi connectivity index (χ1v) is 6.12. The summed E-state index contributed by atoms with van der Waals surface area (Å²) in [5.41, 5.74) is 0. The average molecular weight is 200 g/mol. The summed E-state index contributed by atoms with van der Waals surface area (Å²) in [6, 6.07) is 0. The Morgan fingerprint density at radius 3 is 2.62 bits per heavy atom. The Morgan fingerprint density at radius 1 is 1.31 bits per heavy atom. The molecule has 0 aromatic heterocycles. The number of nitrogens with zero attached hydrogens (tertiary/aromatic N) is 2. The van der Waals surface area contributed by atoms with E-state index in [0.717, 1.165) is 29.7 Å². The van der Waals surface area contributed by atoms with Crippen LogP contribution >= 0.6 is 0 Å². The predicted molar refractivity (Wildman–Crippen MR) is 57.7 cm³/mol. The number of methoxy groups -OCH3 is 1. The highest BCUT2D eigenvalue weighted by atomic mass is 27.1. The quantitative estimate of drug-likeness (QED) is 0.542. The zero-order chi connectivity index (χ0) is 9.52. The molecular formula is C9H21AlN2O. The Bertz CT molecular complexity index is 129. The van der Waals surface area contributed by atoms with E-state index in [2.05, 4.69) is 8.78 Å². The highest BCUT2D eigenvalue weighted by molar-refractivity contribution is 6.04. The highest BCUT2D eigenvalue weighted by Crippen LogP contribution is 2.06. The molecule has 1 fully saturated rings. The summed E-state index contributed by atoms with van der Waals surface area (Å²) in [6.07, 6.45) is 2.80. The molecule has 0 amide bonds. The van der Waals surface area contributed by atoms with E-state index in [1.165, 1.54) is 39.0 Å². The van der Waals surface area contributed by atoms with Crippen LogP contribution in [-0.2, 0) is 4.74 Å². The Labute approximate surface area is 89.7 Å². The lowest BCUT2D eigenvalue weighted by Crippen LogP contribution is -2.34. The standard InChI is InChI=1S/C9H19N2O.Al.2H/c1-12-9-5-10-4-8-11-6-2-3-7-11;;;/h2-9H2,1H3;;;/q-1;+1;;. The van der Waals surface area contributed by atoms with Gasteiger partial charge in [0.2, 0.25) is 0 Å². The molecule has 13 heavy (non-hydrogen) atoms. The maximum absolute atomic E-state index is 5.05. The van der Waals surface area contributed by atoms with Crippen LogP contribution in [-0.4, -0.2) is 71.7 Å². The first-order valence-electron chi connectivity index (χ1n) is 5.23. The van der Waals surface area contributed by atoms with E-state index in [9.17, 15) is 0 Å². The number of rotatable bonds is 6. The van der Waals surface area contributed by atoms with Gasteiger partial charge >= 0.3 is 16.5 Å². The van der Waals surface area contributed by atoms with Crippen LogP contribution < -0.4 is 0 Å². The third-order valence-electron chi connectivity index (χ3n) is 2.67. The van der Waals surface area contributed by atoms with Crippen molar-refractivity contribution < 1.29 is 4.74 Å². The largest absolute Gasteiger partial charge is 0.388 e. The third kappa shape index (κ3) is 5.00. The monoisotopic (exact) mass is 200 g/mol. The van der Waals surface area contributed by atoms with Crippen LogP contribution in [0.4, 0.5) is 0 Å². The normalized spacial score (nSPS) is 18.6. The molecule has 0 saturated carbocycles. The molecule has 4 heteroatoms. The molecule has 0 aromatic rings. The number of likely N-dealkylation sites (tertiary alicyclic amines) is 1. The fraction of sp³-hybridized carbons (Fsp3) is 1.00. The van der Waals surface area contributed by atoms with Crippen molar-refractivity contribution in [2.24, 2.45) is 0 Å². The van der Waals surface area contributed by atoms with Crippen LogP contribution in [0.25, 0.3) is 0 Å². The Kier molecular flexibility index (Phi) is 6.01. The van der Waals surface area contributed by atoms with Gasteiger partial charge in [0, 0.05) is 20.2 Å². The summed E-state index contributed by atoms with van der Waals surface area (Å²) in [5, 5.41) is 0. The molecule has 1 heterocycles. The van der Waals surface area contributed by atoms with E-state index >= 15 is 0 Å². The number of ether oxygens (including phenoxy) is 1. The lowest BCUT2D eigenvalue weighted by molar-refractivity contribution is 0.175. The van der Waals surface area contributed by atoms with Gasteiger partial charge in [-0.2, -0.15) is 0 Å². The van der Waals surface area contributed by atoms with Gasteiger partial charge in [0.25, 0.3) is 0 Å². The van der Waals surface area contributed by atoms with Gasteiger partial charge < -0.3 is 13.5 Å². The van der Waals surface area contributed by atoms with Crippen LogP contribution in [0.2, 0.25) is 0 Å². The van der Waals surface area contributed by atoms with Gasteiger partial charge in [0.05, 0.1) is 6.61 Å². The molecule has 1 rings (SSSR count). The topological polar surface area (TPSA) is 15.7 Å². The van der Waals surface area contributed by atoms with Crippen LogP contribution in [0.3, 0.4) is 0 Å². The molecule has 0 atom stereocenters. The van der Waals surface area contributed by atoms with Crippen molar-refractivity contribution in [3.05, 3.63) is 0 Å². The second-order valence-electron chi connectivity index (χ2n) is 3.84. The minimum Gasteiger partial charge on any atom is -0.388 e. The Balaban J connectivity index is 1.97. The van der Waals surface area contributed by atoms with Crippen molar-refractivity contribution in [3.8, 4) is 0 Å². The van der Waals surface area contributed by atoms with E-state index < -0.39 is 0 Å². The van der Waals surface area contributed by atoms with Crippen LogP contribution in [0.5, 0.6) is 0 Å². The molecule has 76 valence electrons. The first-order chi connectivity index (χ1) is 6.33. The molecule has 0 bridgehead atoms. The van der Waals surface area contributed by atoms with Gasteiger partial charge in [-0.1, -0.05) is 0 Å². The van der Waals surface area contributed by atoms with E-state index in [4.69, 9.17) is 4.74 Å². The maximum Gasteiger partial charge on any atom is 0.322 e.